The zero-order valence-electron chi connectivity index (χ0n) is 10.9. The summed E-state index contributed by atoms with van der Waals surface area (Å²) in [5, 5.41) is 0.660. The van der Waals surface area contributed by atoms with Gasteiger partial charge in [0.15, 0.2) is 0 Å². The Morgan fingerprint density at radius 1 is 1.05 bits per heavy atom. The van der Waals surface area contributed by atoms with Crippen molar-refractivity contribution in [1.29, 1.82) is 0 Å². The maximum absolute atomic E-state index is 13.5. The van der Waals surface area contributed by atoms with Crippen LogP contribution in [0.3, 0.4) is 0 Å². The van der Waals surface area contributed by atoms with Crippen molar-refractivity contribution in [3.8, 4) is 11.1 Å². The van der Waals surface area contributed by atoms with Gasteiger partial charge >= 0.3 is 0 Å². The van der Waals surface area contributed by atoms with Gasteiger partial charge in [0.1, 0.15) is 5.82 Å². The third-order valence-electron chi connectivity index (χ3n) is 3.53. The molecule has 3 heterocycles. The zero-order chi connectivity index (χ0) is 14.4. The summed E-state index contributed by atoms with van der Waals surface area (Å²) in [7, 11) is 0. The predicted octanol–water partition coefficient (Wildman–Crippen LogP) is 3.21. The second-order valence-electron chi connectivity index (χ2n) is 4.85. The van der Waals surface area contributed by atoms with Crippen LogP contribution in [-0.2, 0) is 0 Å². The first-order valence-corrected chi connectivity index (χ1v) is 6.47. The average molecular weight is 279 g/mol. The second kappa shape index (κ2) is 4.28. The first-order chi connectivity index (χ1) is 10.2. The molecule has 21 heavy (non-hydrogen) atoms. The van der Waals surface area contributed by atoms with Gasteiger partial charge in [-0.25, -0.2) is 4.39 Å². The van der Waals surface area contributed by atoms with Crippen LogP contribution in [0.1, 0.15) is 0 Å². The van der Waals surface area contributed by atoms with Gasteiger partial charge in [0.05, 0.1) is 11.0 Å². The minimum Gasteiger partial charge on any atom is -0.353 e. The van der Waals surface area contributed by atoms with E-state index in [0.29, 0.717) is 10.9 Å². The molecule has 0 aliphatic carbocycles. The fraction of sp³-hybridized carbons (Fsp3) is 0. The molecule has 0 saturated carbocycles. The van der Waals surface area contributed by atoms with E-state index in [1.165, 1.54) is 18.2 Å². The fourth-order valence-corrected chi connectivity index (χ4v) is 2.61. The van der Waals surface area contributed by atoms with E-state index in [9.17, 15) is 9.18 Å². The van der Waals surface area contributed by atoms with Gasteiger partial charge in [-0.05, 0) is 24.3 Å². The molecule has 0 fully saturated rings. The molecule has 0 saturated heterocycles. The molecule has 1 aromatic carbocycles. The summed E-state index contributed by atoms with van der Waals surface area (Å²) in [5.74, 6) is -0.337. The molecule has 0 aliphatic heterocycles. The number of H-pyrrole nitrogens is 2. The largest absolute Gasteiger partial charge is 0.353 e. The Morgan fingerprint density at radius 3 is 2.76 bits per heavy atom. The molecule has 4 nitrogen and oxygen atoms in total. The maximum atomic E-state index is 13.5. The summed E-state index contributed by atoms with van der Waals surface area (Å²) in [6.07, 6.45) is 3.37. The lowest BCUT2D eigenvalue weighted by molar-refractivity contribution is 0.630. The van der Waals surface area contributed by atoms with Crippen LogP contribution >= 0.6 is 0 Å². The van der Waals surface area contributed by atoms with Crippen molar-refractivity contribution >= 4 is 21.9 Å². The summed E-state index contributed by atoms with van der Waals surface area (Å²) in [6.45, 7) is 0. The number of nitrogens with one attached hydrogen (secondary N) is 2. The Kier molecular flexibility index (Phi) is 2.41. The van der Waals surface area contributed by atoms with E-state index in [-0.39, 0.29) is 11.4 Å². The Morgan fingerprint density at radius 2 is 1.95 bits per heavy atom. The molecule has 5 heteroatoms. The third-order valence-corrected chi connectivity index (χ3v) is 3.53. The summed E-state index contributed by atoms with van der Waals surface area (Å²) in [4.78, 5) is 22.0. The summed E-state index contributed by atoms with van der Waals surface area (Å²) in [5.41, 5.74) is 3.50. The molecule has 2 N–H and O–H groups in total. The maximum Gasteiger partial charge on any atom is 0.249 e. The number of nitrogens with zero attached hydrogens (tertiary/aromatic N) is 1. The molecule has 0 radical (unpaired) electrons. The predicted molar refractivity (Wildman–Crippen MR) is 79.6 cm³/mol. The van der Waals surface area contributed by atoms with Gasteiger partial charge in [0, 0.05) is 40.5 Å². The zero-order valence-corrected chi connectivity index (χ0v) is 10.9. The Balaban J connectivity index is 2.17. The third kappa shape index (κ3) is 1.82. The minimum absolute atomic E-state index is 0.230. The number of aromatic nitrogens is 3. The van der Waals surface area contributed by atoms with E-state index in [1.807, 2.05) is 12.1 Å². The molecule has 0 amide bonds. The lowest BCUT2D eigenvalue weighted by Gasteiger charge is -2.02. The van der Waals surface area contributed by atoms with Crippen molar-refractivity contribution < 1.29 is 4.39 Å². The monoisotopic (exact) mass is 279 g/mol. The van der Waals surface area contributed by atoms with Gasteiger partial charge in [-0.15, -0.1) is 0 Å². The number of rotatable bonds is 1. The molecule has 4 aromatic rings. The smallest absolute Gasteiger partial charge is 0.249 e. The first kappa shape index (κ1) is 11.8. The number of benzene rings is 1. The topological polar surface area (TPSA) is 61.5 Å². The summed E-state index contributed by atoms with van der Waals surface area (Å²) >= 11 is 0. The van der Waals surface area contributed by atoms with Crippen molar-refractivity contribution in [2.75, 3.05) is 0 Å². The quantitative estimate of drug-likeness (QED) is 0.562. The molecule has 0 unspecified atom stereocenters. The van der Waals surface area contributed by atoms with E-state index in [1.54, 1.807) is 18.5 Å². The van der Waals surface area contributed by atoms with Crippen LogP contribution in [0.2, 0.25) is 0 Å². The van der Waals surface area contributed by atoms with E-state index in [4.69, 9.17) is 0 Å². The number of aromatic amines is 2. The highest BCUT2D eigenvalue weighted by Gasteiger charge is 2.12. The Hall–Kier alpha value is -2.95. The molecule has 0 bridgehead atoms. The molecule has 0 spiro atoms. The van der Waals surface area contributed by atoms with Crippen molar-refractivity contribution in [3.05, 3.63) is 65.0 Å². The van der Waals surface area contributed by atoms with Gasteiger partial charge < -0.3 is 9.97 Å². The molecule has 3 aromatic heterocycles. The van der Waals surface area contributed by atoms with Crippen molar-refractivity contribution in [2.45, 2.75) is 0 Å². The molecular weight excluding hydrogens is 269 g/mol. The normalized spacial score (nSPS) is 11.3. The van der Waals surface area contributed by atoms with Gasteiger partial charge in [0.2, 0.25) is 5.56 Å². The number of hydrogen-bond donors (Lipinski definition) is 2. The fourth-order valence-electron chi connectivity index (χ4n) is 2.61. The van der Waals surface area contributed by atoms with Gasteiger partial charge in [-0.3, -0.25) is 9.78 Å². The Labute approximate surface area is 118 Å². The van der Waals surface area contributed by atoms with Crippen LogP contribution in [-0.4, -0.2) is 15.0 Å². The SMILES string of the molecule is O=c1cc(-c2cccnc2)c2[nH]c3ccc(F)cc3c2[nH]1. The first-order valence-electron chi connectivity index (χ1n) is 6.47. The molecule has 0 aliphatic rings. The molecule has 102 valence electrons. The molecule has 0 atom stereocenters. The number of fused-ring (bicyclic) bond motifs is 3. The Bertz CT molecular complexity index is 1020. The number of hydrogen-bond acceptors (Lipinski definition) is 2. The van der Waals surface area contributed by atoms with E-state index in [2.05, 4.69) is 15.0 Å². The van der Waals surface area contributed by atoms with Crippen LogP contribution in [0.4, 0.5) is 4.39 Å². The van der Waals surface area contributed by atoms with Crippen LogP contribution in [0.25, 0.3) is 33.1 Å². The number of halogens is 1. The van der Waals surface area contributed by atoms with Gasteiger partial charge in [-0.2, -0.15) is 0 Å². The van der Waals surface area contributed by atoms with E-state index < -0.39 is 0 Å². The standard InChI is InChI=1S/C16H10FN3O/c17-10-3-4-13-12(6-10)16-15(19-13)11(7-14(21)20-16)9-2-1-5-18-8-9/h1-8,19H,(H,20,21). The van der Waals surface area contributed by atoms with Crippen molar-refractivity contribution in [1.82, 2.24) is 15.0 Å². The highest BCUT2D eigenvalue weighted by Crippen LogP contribution is 2.30. The van der Waals surface area contributed by atoms with Gasteiger partial charge in [-0.1, -0.05) is 6.07 Å². The lowest BCUT2D eigenvalue weighted by atomic mass is 10.1. The van der Waals surface area contributed by atoms with Crippen LogP contribution < -0.4 is 5.56 Å². The van der Waals surface area contributed by atoms with E-state index in [0.717, 1.165) is 22.2 Å². The van der Waals surface area contributed by atoms with Crippen LogP contribution in [0.15, 0.2) is 53.6 Å². The average Bonchev–Trinajstić information content (AvgIpc) is 2.85. The number of pyridine rings is 2. The lowest BCUT2D eigenvalue weighted by Crippen LogP contribution is -2.04. The van der Waals surface area contributed by atoms with Crippen LogP contribution in [0.5, 0.6) is 0 Å². The molecule has 4 rings (SSSR count). The van der Waals surface area contributed by atoms with E-state index >= 15 is 0 Å². The molecular formula is C16H10FN3O. The highest BCUT2D eigenvalue weighted by atomic mass is 19.1. The van der Waals surface area contributed by atoms with Crippen LogP contribution in [0, 0.1) is 5.82 Å². The van der Waals surface area contributed by atoms with Crippen molar-refractivity contribution in [2.24, 2.45) is 0 Å². The highest BCUT2D eigenvalue weighted by molar-refractivity contribution is 6.09. The summed E-state index contributed by atoms with van der Waals surface area (Å²) < 4.78 is 13.5. The summed E-state index contributed by atoms with van der Waals surface area (Å²) in [6, 6.07) is 9.68. The van der Waals surface area contributed by atoms with Gasteiger partial charge in [0.25, 0.3) is 0 Å². The second-order valence-corrected chi connectivity index (χ2v) is 4.85. The minimum atomic E-state index is -0.337. The van der Waals surface area contributed by atoms with Crippen molar-refractivity contribution in [3.63, 3.8) is 0 Å².